The molecule has 1 aromatic heterocycles. The van der Waals surface area contributed by atoms with Crippen molar-refractivity contribution in [2.75, 3.05) is 11.6 Å². The summed E-state index contributed by atoms with van der Waals surface area (Å²) in [5.41, 5.74) is 1.78. The fourth-order valence-electron chi connectivity index (χ4n) is 2.74. The van der Waals surface area contributed by atoms with E-state index in [-0.39, 0.29) is 15.9 Å². The van der Waals surface area contributed by atoms with E-state index in [0.717, 1.165) is 43.2 Å². The summed E-state index contributed by atoms with van der Waals surface area (Å²) in [6, 6.07) is 4.26. The van der Waals surface area contributed by atoms with E-state index in [1.54, 1.807) is 6.07 Å². The Morgan fingerprint density at radius 2 is 1.92 bits per heavy atom. The molecule has 0 unspecified atom stereocenters. The van der Waals surface area contributed by atoms with Crippen LogP contribution in [0.5, 0.6) is 0 Å². The predicted molar refractivity (Wildman–Crippen MR) is 91.1 cm³/mol. The summed E-state index contributed by atoms with van der Waals surface area (Å²) in [5, 5.41) is 2.97. The van der Waals surface area contributed by atoms with Crippen LogP contribution >= 0.6 is 11.6 Å². The first-order valence-electron chi connectivity index (χ1n) is 7.66. The van der Waals surface area contributed by atoms with Crippen molar-refractivity contribution in [3.05, 3.63) is 40.3 Å². The van der Waals surface area contributed by atoms with Crippen LogP contribution in [0, 0.1) is 5.82 Å². The molecule has 0 fully saturated rings. The van der Waals surface area contributed by atoms with Crippen molar-refractivity contribution >= 4 is 32.9 Å². The number of nitrogens with one attached hydrogen (secondary N) is 1. The number of fused-ring (bicyclic) bond motifs is 1. The molecular weight excluding hydrogens is 353 g/mol. The van der Waals surface area contributed by atoms with Crippen LogP contribution in [0.1, 0.15) is 30.5 Å². The van der Waals surface area contributed by atoms with E-state index in [2.05, 4.69) is 15.3 Å². The number of aromatic nitrogens is 2. The van der Waals surface area contributed by atoms with Crippen LogP contribution in [0.2, 0.25) is 5.02 Å². The normalized spacial score (nSPS) is 14.8. The minimum atomic E-state index is -3.56. The van der Waals surface area contributed by atoms with Gasteiger partial charge in [-0.2, -0.15) is 0 Å². The van der Waals surface area contributed by atoms with Crippen LogP contribution in [0.15, 0.2) is 23.4 Å². The SMILES string of the molecule is CS(=O)(=O)c1nc2c(c(Nc3ccc(Cl)cc3F)n1)CCCCC2. The maximum Gasteiger partial charge on any atom is 0.249 e. The number of benzene rings is 1. The van der Waals surface area contributed by atoms with Gasteiger partial charge in [-0.1, -0.05) is 18.0 Å². The van der Waals surface area contributed by atoms with E-state index >= 15 is 0 Å². The molecule has 0 atom stereocenters. The molecule has 0 amide bonds. The van der Waals surface area contributed by atoms with Gasteiger partial charge >= 0.3 is 0 Å². The summed E-state index contributed by atoms with van der Waals surface area (Å²) in [6.07, 6.45) is 5.45. The minimum Gasteiger partial charge on any atom is -0.337 e. The Balaban J connectivity index is 2.11. The van der Waals surface area contributed by atoms with E-state index in [1.165, 1.54) is 12.1 Å². The first-order chi connectivity index (χ1) is 11.3. The fourth-order valence-corrected chi connectivity index (χ4v) is 3.43. The zero-order chi connectivity index (χ0) is 17.3. The number of rotatable bonds is 3. The van der Waals surface area contributed by atoms with Crippen molar-refractivity contribution < 1.29 is 12.8 Å². The largest absolute Gasteiger partial charge is 0.337 e. The molecule has 1 aromatic carbocycles. The number of aryl methyl sites for hydroxylation is 1. The third kappa shape index (κ3) is 3.67. The van der Waals surface area contributed by atoms with E-state index in [9.17, 15) is 12.8 Å². The molecular formula is C16H17ClFN3O2S. The van der Waals surface area contributed by atoms with E-state index in [4.69, 9.17) is 11.6 Å². The molecule has 0 radical (unpaired) electrons. The summed E-state index contributed by atoms with van der Waals surface area (Å²) in [4.78, 5) is 8.38. The first-order valence-corrected chi connectivity index (χ1v) is 9.93. The lowest BCUT2D eigenvalue weighted by Gasteiger charge is -2.15. The lowest BCUT2D eigenvalue weighted by Crippen LogP contribution is -2.12. The second kappa shape index (κ2) is 6.64. The topological polar surface area (TPSA) is 72.0 Å². The van der Waals surface area contributed by atoms with Gasteiger partial charge in [-0.3, -0.25) is 0 Å². The molecule has 1 heterocycles. The molecule has 0 saturated heterocycles. The monoisotopic (exact) mass is 369 g/mol. The Morgan fingerprint density at radius 3 is 2.62 bits per heavy atom. The molecule has 3 rings (SSSR count). The third-order valence-electron chi connectivity index (χ3n) is 3.93. The predicted octanol–water partition coefficient (Wildman–Crippen LogP) is 3.69. The van der Waals surface area contributed by atoms with E-state index in [0.29, 0.717) is 12.2 Å². The number of nitrogens with zero attached hydrogens (tertiary/aromatic N) is 2. The van der Waals surface area contributed by atoms with Gasteiger partial charge in [-0.05, 0) is 43.9 Å². The summed E-state index contributed by atoms with van der Waals surface area (Å²) in [6.45, 7) is 0. The number of anilines is 2. The molecule has 0 bridgehead atoms. The zero-order valence-corrected chi connectivity index (χ0v) is 14.7. The molecule has 24 heavy (non-hydrogen) atoms. The molecule has 0 aliphatic heterocycles. The smallest absolute Gasteiger partial charge is 0.249 e. The lowest BCUT2D eigenvalue weighted by molar-refractivity contribution is 0.591. The van der Waals surface area contributed by atoms with Gasteiger partial charge in [0.05, 0.1) is 11.4 Å². The molecule has 8 heteroatoms. The van der Waals surface area contributed by atoms with Crippen molar-refractivity contribution in [3.8, 4) is 0 Å². The average Bonchev–Trinajstić information content (AvgIpc) is 2.74. The van der Waals surface area contributed by atoms with Crippen LogP contribution in [0.4, 0.5) is 15.9 Å². The van der Waals surface area contributed by atoms with Gasteiger partial charge in [0, 0.05) is 16.8 Å². The Morgan fingerprint density at radius 1 is 1.17 bits per heavy atom. The number of sulfone groups is 1. The molecule has 128 valence electrons. The molecule has 5 nitrogen and oxygen atoms in total. The molecule has 1 aliphatic carbocycles. The van der Waals surface area contributed by atoms with Crippen LogP contribution in [-0.4, -0.2) is 24.6 Å². The van der Waals surface area contributed by atoms with Crippen LogP contribution < -0.4 is 5.32 Å². The Hall–Kier alpha value is -1.73. The van der Waals surface area contributed by atoms with E-state index < -0.39 is 15.7 Å². The maximum absolute atomic E-state index is 14.1. The molecule has 0 saturated carbocycles. The van der Waals surface area contributed by atoms with Crippen molar-refractivity contribution in [1.82, 2.24) is 9.97 Å². The molecule has 2 aromatic rings. The Labute approximate surface area is 145 Å². The quantitative estimate of drug-likeness (QED) is 0.660. The van der Waals surface area contributed by atoms with Gasteiger partial charge in [-0.15, -0.1) is 0 Å². The minimum absolute atomic E-state index is 0.198. The van der Waals surface area contributed by atoms with Crippen molar-refractivity contribution in [1.29, 1.82) is 0 Å². The Kier molecular flexibility index (Phi) is 4.73. The second-order valence-corrected chi connectivity index (χ2v) is 8.21. The standard InChI is InChI=1S/C16H17ClFN3O2S/c1-24(22,23)16-20-13-6-4-2-3-5-11(13)15(21-16)19-14-8-7-10(17)9-12(14)18/h7-9H,2-6H2,1H3,(H,19,20,21). The lowest BCUT2D eigenvalue weighted by atomic mass is 10.1. The van der Waals surface area contributed by atoms with Gasteiger partial charge in [-0.25, -0.2) is 22.8 Å². The van der Waals surface area contributed by atoms with Gasteiger partial charge in [0.15, 0.2) is 0 Å². The Bertz CT molecular complexity index is 887. The molecule has 1 aliphatic rings. The number of hydrogen-bond acceptors (Lipinski definition) is 5. The van der Waals surface area contributed by atoms with Gasteiger partial charge in [0.2, 0.25) is 15.0 Å². The zero-order valence-electron chi connectivity index (χ0n) is 13.1. The number of halogens is 2. The molecule has 0 spiro atoms. The van der Waals surface area contributed by atoms with E-state index in [1.807, 2.05) is 0 Å². The van der Waals surface area contributed by atoms with Crippen LogP contribution in [0.3, 0.4) is 0 Å². The highest BCUT2D eigenvalue weighted by Gasteiger charge is 2.21. The highest BCUT2D eigenvalue weighted by atomic mass is 35.5. The van der Waals surface area contributed by atoms with Crippen molar-refractivity contribution in [3.63, 3.8) is 0 Å². The van der Waals surface area contributed by atoms with Crippen molar-refractivity contribution in [2.45, 2.75) is 37.3 Å². The molecule has 1 N–H and O–H groups in total. The first kappa shape index (κ1) is 17.1. The summed E-state index contributed by atoms with van der Waals surface area (Å²) in [5.74, 6) is -0.173. The van der Waals surface area contributed by atoms with Crippen LogP contribution in [-0.2, 0) is 22.7 Å². The fraction of sp³-hybridized carbons (Fsp3) is 0.375. The van der Waals surface area contributed by atoms with Gasteiger partial charge in [0.25, 0.3) is 0 Å². The highest BCUT2D eigenvalue weighted by molar-refractivity contribution is 7.90. The van der Waals surface area contributed by atoms with Gasteiger partial charge < -0.3 is 5.32 Å². The summed E-state index contributed by atoms with van der Waals surface area (Å²) >= 11 is 5.77. The number of hydrogen-bond donors (Lipinski definition) is 1. The summed E-state index contributed by atoms with van der Waals surface area (Å²) in [7, 11) is -3.56. The highest BCUT2D eigenvalue weighted by Crippen LogP contribution is 2.29. The van der Waals surface area contributed by atoms with Crippen molar-refractivity contribution in [2.24, 2.45) is 0 Å². The maximum atomic E-state index is 14.1. The van der Waals surface area contributed by atoms with Gasteiger partial charge in [0.1, 0.15) is 11.6 Å². The average molecular weight is 370 g/mol. The van der Waals surface area contributed by atoms with Crippen LogP contribution in [0.25, 0.3) is 0 Å². The third-order valence-corrected chi connectivity index (χ3v) is 5.01. The summed E-state index contributed by atoms with van der Waals surface area (Å²) < 4.78 is 37.8. The second-order valence-electron chi connectivity index (χ2n) is 5.86.